The smallest absolute Gasteiger partial charge is 0.223 e. The van der Waals surface area contributed by atoms with E-state index in [1.165, 1.54) is 12.1 Å². The Morgan fingerprint density at radius 1 is 1.22 bits per heavy atom. The van der Waals surface area contributed by atoms with Crippen LogP contribution in [-0.4, -0.2) is 36.3 Å². The molecule has 1 saturated heterocycles. The molecule has 0 aromatic heterocycles. The molecule has 0 radical (unpaired) electrons. The van der Waals surface area contributed by atoms with Gasteiger partial charge in [-0.1, -0.05) is 19.1 Å². The van der Waals surface area contributed by atoms with Crippen molar-refractivity contribution in [3.05, 3.63) is 35.6 Å². The Bertz CT molecular complexity index is 522. The van der Waals surface area contributed by atoms with Crippen LogP contribution in [0.5, 0.6) is 0 Å². The zero-order valence-electron chi connectivity index (χ0n) is 13.7. The molecule has 0 atom stereocenters. The molecule has 2 amide bonds. The van der Waals surface area contributed by atoms with Crippen LogP contribution in [-0.2, 0) is 16.0 Å². The quantitative estimate of drug-likeness (QED) is 0.875. The molecule has 126 valence electrons. The summed E-state index contributed by atoms with van der Waals surface area (Å²) in [6.07, 6.45) is 3.62. The minimum Gasteiger partial charge on any atom is -0.356 e. The van der Waals surface area contributed by atoms with E-state index in [9.17, 15) is 14.0 Å². The van der Waals surface area contributed by atoms with Gasteiger partial charge in [0.25, 0.3) is 0 Å². The van der Waals surface area contributed by atoms with Gasteiger partial charge in [-0.25, -0.2) is 4.39 Å². The summed E-state index contributed by atoms with van der Waals surface area (Å²) in [7, 11) is 0. The number of amides is 2. The lowest BCUT2D eigenvalue weighted by atomic mass is 9.95. The second kappa shape index (κ2) is 8.65. The van der Waals surface area contributed by atoms with E-state index >= 15 is 0 Å². The van der Waals surface area contributed by atoms with E-state index in [4.69, 9.17) is 0 Å². The molecule has 1 fully saturated rings. The van der Waals surface area contributed by atoms with Gasteiger partial charge in [-0.3, -0.25) is 9.59 Å². The third-order valence-electron chi connectivity index (χ3n) is 4.31. The molecule has 0 saturated carbocycles. The summed E-state index contributed by atoms with van der Waals surface area (Å²) in [6, 6.07) is 6.33. The van der Waals surface area contributed by atoms with Crippen molar-refractivity contribution in [3.63, 3.8) is 0 Å². The maximum Gasteiger partial charge on any atom is 0.223 e. The lowest BCUT2D eigenvalue weighted by molar-refractivity contribution is -0.135. The maximum absolute atomic E-state index is 12.8. The maximum atomic E-state index is 12.8. The molecular formula is C18H25FN2O2. The number of piperidine rings is 1. The summed E-state index contributed by atoms with van der Waals surface area (Å²) < 4.78 is 12.8. The SMILES string of the molecule is CCCC(=O)N1CCC(C(=O)NCCc2ccc(F)cc2)CC1. The summed E-state index contributed by atoms with van der Waals surface area (Å²) >= 11 is 0. The zero-order chi connectivity index (χ0) is 16.7. The number of hydrogen-bond acceptors (Lipinski definition) is 2. The number of rotatable bonds is 6. The van der Waals surface area contributed by atoms with Crippen LogP contribution in [0.2, 0.25) is 0 Å². The van der Waals surface area contributed by atoms with E-state index in [0.29, 0.717) is 32.5 Å². The van der Waals surface area contributed by atoms with Crippen molar-refractivity contribution >= 4 is 11.8 Å². The van der Waals surface area contributed by atoms with Crippen LogP contribution in [0.15, 0.2) is 24.3 Å². The van der Waals surface area contributed by atoms with E-state index in [1.807, 2.05) is 11.8 Å². The van der Waals surface area contributed by atoms with Gasteiger partial charge in [-0.05, 0) is 43.4 Å². The van der Waals surface area contributed by atoms with Crippen molar-refractivity contribution in [2.75, 3.05) is 19.6 Å². The Hall–Kier alpha value is -1.91. The van der Waals surface area contributed by atoms with Crippen molar-refractivity contribution in [3.8, 4) is 0 Å². The molecule has 1 aliphatic rings. The highest BCUT2D eigenvalue weighted by Gasteiger charge is 2.26. The molecule has 1 N–H and O–H groups in total. The standard InChI is InChI=1S/C18H25FN2O2/c1-2-3-17(22)21-12-9-15(10-13-21)18(23)20-11-8-14-4-6-16(19)7-5-14/h4-7,15H,2-3,8-13H2,1H3,(H,20,23). The summed E-state index contributed by atoms with van der Waals surface area (Å²) in [5.74, 6) is 0.00781. The van der Waals surface area contributed by atoms with Crippen molar-refractivity contribution in [2.24, 2.45) is 5.92 Å². The second-order valence-electron chi connectivity index (χ2n) is 6.07. The van der Waals surface area contributed by atoms with Gasteiger partial charge in [0.15, 0.2) is 0 Å². The van der Waals surface area contributed by atoms with Crippen LogP contribution >= 0.6 is 0 Å². The predicted molar refractivity (Wildman–Crippen MR) is 87.3 cm³/mol. The molecule has 0 bridgehead atoms. The molecule has 2 rings (SSSR count). The first-order chi connectivity index (χ1) is 11.1. The number of hydrogen-bond donors (Lipinski definition) is 1. The monoisotopic (exact) mass is 320 g/mol. The molecular weight excluding hydrogens is 295 g/mol. The molecule has 0 unspecified atom stereocenters. The first-order valence-electron chi connectivity index (χ1n) is 8.40. The van der Waals surface area contributed by atoms with Crippen molar-refractivity contribution in [1.82, 2.24) is 10.2 Å². The van der Waals surface area contributed by atoms with E-state index in [1.54, 1.807) is 12.1 Å². The van der Waals surface area contributed by atoms with Crippen molar-refractivity contribution < 1.29 is 14.0 Å². The highest BCUT2D eigenvalue weighted by atomic mass is 19.1. The summed E-state index contributed by atoms with van der Waals surface area (Å²) in [4.78, 5) is 25.9. The molecule has 0 aliphatic carbocycles. The zero-order valence-corrected chi connectivity index (χ0v) is 13.7. The van der Waals surface area contributed by atoms with Crippen LogP contribution in [0.4, 0.5) is 4.39 Å². The van der Waals surface area contributed by atoms with Crippen LogP contribution in [0.3, 0.4) is 0 Å². The summed E-state index contributed by atoms with van der Waals surface area (Å²) in [5.41, 5.74) is 1.01. The Morgan fingerprint density at radius 2 is 1.87 bits per heavy atom. The molecule has 4 nitrogen and oxygen atoms in total. The van der Waals surface area contributed by atoms with Gasteiger partial charge < -0.3 is 10.2 Å². The lowest BCUT2D eigenvalue weighted by Crippen LogP contribution is -2.43. The summed E-state index contributed by atoms with van der Waals surface area (Å²) in [6.45, 7) is 3.91. The van der Waals surface area contributed by atoms with Crippen LogP contribution in [0.1, 0.15) is 38.2 Å². The van der Waals surface area contributed by atoms with Gasteiger partial charge in [0.1, 0.15) is 5.82 Å². The Labute approximate surface area is 137 Å². The first kappa shape index (κ1) is 17.4. The fraction of sp³-hybridized carbons (Fsp3) is 0.556. The second-order valence-corrected chi connectivity index (χ2v) is 6.07. The fourth-order valence-corrected chi connectivity index (χ4v) is 2.89. The number of nitrogens with zero attached hydrogens (tertiary/aromatic N) is 1. The average Bonchev–Trinajstić information content (AvgIpc) is 2.57. The van der Waals surface area contributed by atoms with Crippen LogP contribution in [0, 0.1) is 11.7 Å². The van der Waals surface area contributed by atoms with Gasteiger partial charge in [-0.2, -0.15) is 0 Å². The van der Waals surface area contributed by atoms with Crippen molar-refractivity contribution in [2.45, 2.75) is 39.0 Å². The molecule has 1 aliphatic heterocycles. The van der Waals surface area contributed by atoms with Gasteiger partial charge in [0.05, 0.1) is 0 Å². The van der Waals surface area contributed by atoms with E-state index in [0.717, 1.165) is 24.8 Å². The summed E-state index contributed by atoms with van der Waals surface area (Å²) in [5, 5.41) is 2.95. The third kappa shape index (κ3) is 5.34. The number of halogens is 1. The number of benzene rings is 1. The first-order valence-corrected chi connectivity index (χ1v) is 8.40. The van der Waals surface area contributed by atoms with Gasteiger partial charge in [-0.15, -0.1) is 0 Å². The van der Waals surface area contributed by atoms with E-state index in [2.05, 4.69) is 5.32 Å². The predicted octanol–water partition coefficient (Wildman–Crippen LogP) is 2.52. The van der Waals surface area contributed by atoms with Crippen LogP contribution in [0.25, 0.3) is 0 Å². The highest BCUT2D eigenvalue weighted by molar-refractivity contribution is 5.80. The van der Waals surface area contributed by atoms with Crippen LogP contribution < -0.4 is 5.32 Å². The lowest BCUT2D eigenvalue weighted by Gasteiger charge is -2.31. The number of nitrogens with one attached hydrogen (secondary N) is 1. The Kier molecular flexibility index (Phi) is 6.56. The van der Waals surface area contributed by atoms with Crippen molar-refractivity contribution in [1.29, 1.82) is 0 Å². The molecule has 1 aromatic carbocycles. The minimum atomic E-state index is -0.248. The normalized spacial score (nSPS) is 15.5. The molecule has 1 aromatic rings. The number of likely N-dealkylation sites (tertiary alicyclic amines) is 1. The van der Waals surface area contributed by atoms with E-state index < -0.39 is 0 Å². The van der Waals surface area contributed by atoms with Gasteiger partial charge >= 0.3 is 0 Å². The fourth-order valence-electron chi connectivity index (χ4n) is 2.89. The average molecular weight is 320 g/mol. The highest BCUT2D eigenvalue weighted by Crippen LogP contribution is 2.18. The Balaban J connectivity index is 1.68. The molecule has 1 heterocycles. The molecule has 23 heavy (non-hydrogen) atoms. The third-order valence-corrected chi connectivity index (χ3v) is 4.31. The van der Waals surface area contributed by atoms with Gasteiger partial charge in [0, 0.05) is 32.0 Å². The number of carbonyl (C=O) groups is 2. The molecule has 0 spiro atoms. The largest absolute Gasteiger partial charge is 0.356 e. The van der Waals surface area contributed by atoms with E-state index in [-0.39, 0.29) is 23.5 Å². The number of carbonyl (C=O) groups excluding carboxylic acids is 2. The molecule has 5 heteroatoms. The topological polar surface area (TPSA) is 49.4 Å². The van der Waals surface area contributed by atoms with Gasteiger partial charge in [0.2, 0.25) is 11.8 Å². The minimum absolute atomic E-state index is 0.00565. The Morgan fingerprint density at radius 3 is 2.48 bits per heavy atom.